The van der Waals surface area contributed by atoms with Gasteiger partial charge >= 0.3 is 5.69 Å². The molecule has 0 bridgehead atoms. The number of hydrogen-bond donors (Lipinski definition) is 0. The largest absolute Gasteiger partial charge is 0.332 e. The fraction of sp³-hybridized carbons (Fsp3) is 0.294. The van der Waals surface area contributed by atoms with Crippen LogP contribution in [0.5, 0.6) is 0 Å². The molecule has 0 radical (unpaired) electrons. The summed E-state index contributed by atoms with van der Waals surface area (Å²) in [7, 11) is 0. The lowest BCUT2D eigenvalue weighted by Crippen LogP contribution is -2.38. The van der Waals surface area contributed by atoms with Gasteiger partial charge in [-0.05, 0) is 43.0 Å². The van der Waals surface area contributed by atoms with E-state index in [1.54, 1.807) is 17.3 Å². The van der Waals surface area contributed by atoms with E-state index in [2.05, 4.69) is 4.98 Å². The lowest BCUT2D eigenvalue weighted by Gasteiger charge is -2.36. The number of benzene rings is 1. The number of nitrogens with zero attached hydrogens (tertiary/aromatic N) is 3. The van der Waals surface area contributed by atoms with Crippen molar-refractivity contribution in [2.24, 2.45) is 0 Å². The lowest BCUT2D eigenvalue weighted by molar-refractivity contribution is -0.387. The van der Waals surface area contributed by atoms with Crippen LogP contribution in [-0.2, 0) is 0 Å². The molecule has 1 atom stereocenters. The molecule has 0 N–H and O–H groups in total. The van der Waals surface area contributed by atoms with Crippen LogP contribution in [-0.4, -0.2) is 27.3 Å². The van der Waals surface area contributed by atoms with E-state index in [-0.39, 0.29) is 17.5 Å². The van der Waals surface area contributed by atoms with Crippen molar-refractivity contribution in [1.82, 2.24) is 9.88 Å². The summed E-state index contributed by atoms with van der Waals surface area (Å²) in [5.74, 6) is -1.27. The van der Waals surface area contributed by atoms with Gasteiger partial charge in [0.1, 0.15) is 0 Å². The van der Waals surface area contributed by atoms with Gasteiger partial charge in [-0.2, -0.15) is 4.39 Å². The average molecular weight is 329 g/mol. The first-order chi connectivity index (χ1) is 11.6. The lowest BCUT2D eigenvalue weighted by atomic mass is 9.95. The van der Waals surface area contributed by atoms with E-state index in [0.717, 1.165) is 37.0 Å². The van der Waals surface area contributed by atoms with Crippen molar-refractivity contribution in [1.29, 1.82) is 0 Å². The molecule has 1 aromatic heterocycles. The number of nitro groups is 1. The van der Waals surface area contributed by atoms with Gasteiger partial charge in [0, 0.05) is 30.6 Å². The SMILES string of the molecule is O=C(c1ccc(F)c([N+](=O)[O-])c1)N1CCCCC1c1cccnc1. The molecule has 2 aromatic rings. The predicted octanol–water partition coefficient (Wildman–Crippen LogP) is 3.50. The number of piperidine rings is 1. The van der Waals surface area contributed by atoms with Crippen LogP contribution >= 0.6 is 0 Å². The number of hydrogen-bond acceptors (Lipinski definition) is 4. The van der Waals surface area contributed by atoms with Crippen LogP contribution in [0.2, 0.25) is 0 Å². The van der Waals surface area contributed by atoms with E-state index in [1.165, 1.54) is 6.07 Å². The molecule has 0 aliphatic carbocycles. The molecule has 1 aliphatic rings. The minimum atomic E-state index is -0.945. The van der Waals surface area contributed by atoms with Crippen molar-refractivity contribution < 1.29 is 14.1 Å². The molecule has 7 heteroatoms. The van der Waals surface area contributed by atoms with E-state index in [4.69, 9.17) is 0 Å². The number of amides is 1. The number of rotatable bonds is 3. The number of pyridine rings is 1. The van der Waals surface area contributed by atoms with Crippen LogP contribution in [0.25, 0.3) is 0 Å². The van der Waals surface area contributed by atoms with E-state index in [9.17, 15) is 19.3 Å². The topological polar surface area (TPSA) is 76.3 Å². The standard InChI is InChI=1S/C17H16FN3O3/c18-14-7-6-12(10-16(14)21(23)24)17(22)20-9-2-1-5-15(20)13-4-3-8-19-11-13/h3-4,6-8,10-11,15H,1-2,5,9H2. The predicted molar refractivity (Wildman–Crippen MR) is 84.9 cm³/mol. The molecule has 1 amide bonds. The first-order valence-electron chi connectivity index (χ1n) is 7.73. The van der Waals surface area contributed by atoms with Gasteiger partial charge in [0.05, 0.1) is 11.0 Å². The second-order valence-electron chi connectivity index (χ2n) is 5.72. The smallest absolute Gasteiger partial charge is 0.305 e. The number of carbonyl (C=O) groups excluding carboxylic acids is 1. The Labute approximate surface area is 138 Å². The van der Waals surface area contributed by atoms with E-state index < -0.39 is 16.4 Å². The Bertz CT molecular complexity index is 767. The zero-order valence-corrected chi connectivity index (χ0v) is 12.9. The average Bonchev–Trinajstić information content (AvgIpc) is 2.62. The molecule has 2 heterocycles. The molecule has 124 valence electrons. The van der Waals surface area contributed by atoms with E-state index >= 15 is 0 Å². The van der Waals surface area contributed by atoms with Gasteiger partial charge in [0.15, 0.2) is 0 Å². The van der Waals surface area contributed by atoms with Crippen molar-refractivity contribution in [3.8, 4) is 0 Å². The summed E-state index contributed by atoms with van der Waals surface area (Å²) in [4.78, 5) is 28.7. The van der Waals surface area contributed by atoms with E-state index in [1.807, 2.05) is 12.1 Å². The molecule has 1 aromatic carbocycles. The molecule has 24 heavy (non-hydrogen) atoms. The monoisotopic (exact) mass is 329 g/mol. The summed E-state index contributed by atoms with van der Waals surface area (Å²) in [6.07, 6.45) is 6.06. The second kappa shape index (κ2) is 6.74. The first-order valence-corrected chi connectivity index (χ1v) is 7.73. The third-order valence-corrected chi connectivity index (χ3v) is 4.22. The molecular formula is C17H16FN3O3. The highest BCUT2D eigenvalue weighted by Crippen LogP contribution is 2.32. The molecule has 0 spiro atoms. The number of carbonyl (C=O) groups is 1. The van der Waals surface area contributed by atoms with Crippen molar-refractivity contribution in [2.45, 2.75) is 25.3 Å². The van der Waals surface area contributed by atoms with Gasteiger partial charge in [-0.1, -0.05) is 6.07 Å². The molecule has 6 nitrogen and oxygen atoms in total. The van der Waals surface area contributed by atoms with Crippen LogP contribution < -0.4 is 0 Å². The van der Waals surface area contributed by atoms with Gasteiger partial charge < -0.3 is 4.90 Å². The molecule has 0 saturated carbocycles. The summed E-state index contributed by atoms with van der Waals surface area (Å²) in [6.45, 7) is 0.559. The van der Waals surface area contributed by atoms with Crippen molar-refractivity contribution in [3.63, 3.8) is 0 Å². The van der Waals surface area contributed by atoms with Crippen LogP contribution in [0.15, 0.2) is 42.7 Å². The summed E-state index contributed by atoms with van der Waals surface area (Å²) >= 11 is 0. The van der Waals surface area contributed by atoms with Crippen LogP contribution in [0.1, 0.15) is 41.2 Å². The number of nitro benzene ring substituents is 1. The van der Waals surface area contributed by atoms with Crippen molar-refractivity contribution in [2.75, 3.05) is 6.54 Å². The summed E-state index contributed by atoms with van der Waals surface area (Å²) < 4.78 is 13.5. The van der Waals surface area contributed by atoms with Gasteiger partial charge in [0.2, 0.25) is 5.82 Å². The molecule has 1 unspecified atom stereocenters. The number of likely N-dealkylation sites (tertiary alicyclic amines) is 1. The highest BCUT2D eigenvalue weighted by molar-refractivity contribution is 5.95. The van der Waals surface area contributed by atoms with Crippen molar-refractivity contribution in [3.05, 3.63) is 69.8 Å². The zero-order chi connectivity index (χ0) is 17.1. The fourth-order valence-corrected chi connectivity index (χ4v) is 3.05. The third-order valence-electron chi connectivity index (χ3n) is 4.22. The van der Waals surface area contributed by atoms with Crippen LogP contribution in [0.4, 0.5) is 10.1 Å². The molecule has 1 saturated heterocycles. The minimum absolute atomic E-state index is 0.121. The number of aromatic nitrogens is 1. The Morgan fingerprint density at radius 3 is 2.88 bits per heavy atom. The van der Waals surface area contributed by atoms with Gasteiger partial charge in [0.25, 0.3) is 5.91 Å². The van der Waals surface area contributed by atoms with Gasteiger partial charge in [-0.15, -0.1) is 0 Å². The summed E-state index contributed by atoms with van der Waals surface area (Å²) in [5.41, 5.74) is 0.372. The zero-order valence-electron chi connectivity index (χ0n) is 12.9. The summed E-state index contributed by atoms with van der Waals surface area (Å²) in [6, 6.07) is 6.87. The molecule has 1 fully saturated rings. The Morgan fingerprint density at radius 1 is 1.33 bits per heavy atom. The first kappa shape index (κ1) is 16.0. The second-order valence-corrected chi connectivity index (χ2v) is 5.72. The Kier molecular flexibility index (Phi) is 4.50. The number of halogens is 1. The Hall–Kier alpha value is -2.83. The van der Waals surface area contributed by atoms with Crippen LogP contribution in [0.3, 0.4) is 0 Å². The maximum absolute atomic E-state index is 13.5. The van der Waals surface area contributed by atoms with Crippen LogP contribution in [0, 0.1) is 15.9 Å². The highest BCUT2D eigenvalue weighted by atomic mass is 19.1. The minimum Gasteiger partial charge on any atom is -0.332 e. The van der Waals surface area contributed by atoms with Gasteiger partial charge in [-0.3, -0.25) is 19.9 Å². The Balaban J connectivity index is 1.92. The molecular weight excluding hydrogens is 313 g/mol. The molecule has 1 aliphatic heterocycles. The fourth-order valence-electron chi connectivity index (χ4n) is 3.05. The van der Waals surface area contributed by atoms with Crippen molar-refractivity contribution >= 4 is 11.6 Å². The Morgan fingerprint density at radius 2 is 2.17 bits per heavy atom. The maximum Gasteiger partial charge on any atom is 0.305 e. The quantitative estimate of drug-likeness (QED) is 0.638. The third kappa shape index (κ3) is 3.10. The molecule has 3 rings (SSSR count). The normalized spacial score (nSPS) is 17.5. The van der Waals surface area contributed by atoms with E-state index in [0.29, 0.717) is 6.54 Å². The summed E-state index contributed by atoms with van der Waals surface area (Å²) in [5, 5.41) is 10.9. The highest BCUT2D eigenvalue weighted by Gasteiger charge is 2.30. The van der Waals surface area contributed by atoms with Gasteiger partial charge in [-0.25, -0.2) is 0 Å². The maximum atomic E-state index is 13.5.